The van der Waals surface area contributed by atoms with E-state index in [1.165, 1.54) is 10.2 Å². The number of rotatable bonds is 6. The molecule has 1 aromatic heterocycles. The number of aliphatic hydroxyl groups is 1. The van der Waals surface area contributed by atoms with Gasteiger partial charge < -0.3 is 9.84 Å². The van der Waals surface area contributed by atoms with Gasteiger partial charge in [0.2, 0.25) is 0 Å². The summed E-state index contributed by atoms with van der Waals surface area (Å²) in [6.45, 7) is 2.78. The maximum absolute atomic E-state index is 8.85. The summed E-state index contributed by atoms with van der Waals surface area (Å²) in [7, 11) is 0. The highest BCUT2D eigenvalue weighted by Gasteiger charge is 2.06. The summed E-state index contributed by atoms with van der Waals surface area (Å²) in [5.41, 5.74) is 1.27. The van der Waals surface area contributed by atoms with Gasteiger partial charge in [-0.1, -0.05) is 19.1 Å². The molecule has 96 valence electrons. The molecule has 0 fully saturated rings. The molecule has 0 aliphatic rings. The third kappa shape index (κ3) is 3.04. The lowest BCUT2D eigenvalue weighted by Crippen LogP contribution is -2.11. The zero-order valence-corrected chi connectivity index (χ0v) is 10.3. The topological polar surface area (TPSA) is 73.1 Å². The number of nitrogens with zero attached hydrogens (tertiary/aromatic N) is 4. The van der Waals surface area contributed by atoms with Crippen LogP contribution in [0.5, 0.6) is 5.75 Å². The second-order valence-electron chi connectivity index (χ2n) is 3.83. The van der Waals surface area contributed by atoms with Gasteiger partial charge in [0.25, 0.3) is 0 Å². The third-order valence-electron chi connectivity index (χ3n) is 2.62. The molecule has 0 aliphatic heterocycles. The average molecular weight is 248 g/mol. The Bertz CT molecular complexity index is 481. The normalized spacial score (nSPS) is 10.6. The predicted octanol–water partition coefficient (Wildman–Crippen LogP) is 0.807. The van der Waals surface area contributed by atoms with E-state index in [2.05, 4.69) is 22.4 Å². The minimum atomic E-state index is 0.00321. The minimum Gasteiger partial charge on any atom is -0.486 e. The molecule has 6 nitrogen and oxygen atoms in total. The van der Waals surface area contributed by atoms with Crippen molar-refractivity contribution in [3.05, 3.63) is 35.7 Å². The predicted molar refractivity (Wildman–Crippen MR) is 65.1 cm³/mol. The van der Waals surface area contributed by atoms with Crippen molar-refractivity contribution in [3.8, 4) is 5.75 Å². The van der Waals surface area contributed by atoms with E-state index in [0.29, 0.717) is 19.0 Å². The Balaban J connectivity index is 1.95. The van der Waals surface area contributed by atoms with Crippen molar-refractivity contribution in [2.75, 3.05) is 6.61 Å². The standard InChI is InChI=1S/C12H16N4O2/c1-2-10-3-5-11(6-4-10)18-9-12-13-14-15-16(12)7-8-17/h3-6,17H,2,7-9H2,1H3. The summed E-state index contributed by atoms with van der Waals surface area (Å²) in [5.74, 6) is 1.38. The van der Waals surface area contributed by atoms with Crippen LogP contribution in [0.3, 0.4) is 0 Å². The molecule has 2 aromatic rings. The number of ether oxygens (including phenoxy) is 1. The Morgan fingerprint density at radius 1 is 1.28 bits per heavy atom. The zero-order chi connectivity index (χ0) is 12.8. The van der Waals surface area contributed by atoms with Gasteiger partial charge in [-0.25, -0.2) is 4.68 Å². The highest BCUT2D eigenvalue weighted by atomic mass is 16.5. The molecule has 0 unspecified atom stereocenters. The molecular weight excluding hydrogens is 232 g/mol. The van der Waals surface area contributed by atoms with E-state index >= 15 is 0 Å². The van der Waals surface area contributed by atoms with E-state index in [1.807, 2.05) is 24.3 Å². The van der Waals surface area contributed by atoms with Crippen molar-refractivity contribution in [2.24, 2.45) is 0 Å². The number of aromatic nitrogens is 4. The fourth-order valence-corrected chi connectivity index (χ4v) is 1.56. The van der Waals surface area contributed by atoms with E-state index in [-0.39, 0.29) is 6.61 Å². The SMILES string of the molecule is CCc1ccc(OCc2nnnn2CCO)cc1. The van der Waals surface area contributed by atoms with Gasteiger partial charge in [0.15, 0.2) is 5.82 Å². The number of benzene rings is 1. The van der Waals surface area contributed by atoms with Crippen LogP contribution in [0.15, 0.2) is 24.3 Å². The number of hydrogen-bond acceptors (Lipinski definition) is 5. The molecule has 0 bridgehead atoms. The number of hydrogen-bond donors (Lipinski definition) is 1. The van der Waals surface area contributed by atoms with Crippen LogP contribution in [0, 0.1) is 0 Å². The lowest BCUT2D eigenvalue weighted by molar-refractivity contribution is 0.250. The van der Waals surface area contributed by atoms with E-state index < -0.39 is 0 Å². The van der Waals surface area contributed by atoms with Crippen LogP contribution in [0.2, 0.25) is 0 Å². The molecule has 2 rings (SSSR count). The maximum Gasteiger partial charge on any atom is 0.189 e. The Morgan fingerprint density at radius 3 is 2.72 bits per heavy atom. The summed E-state index contributed by atoms with van der Waals surface area (Å²) in [4.78, 5) is 0. The molecule has 0 spiro atoms. The van der Waals surface area contributed by atoms with E-state index in [9.17, 15) is 0 Å². The molecule has 1 N–H and O–H groups in total. The monoisotopic (exact) mass is 248 g/mol. The number of aryl methyl sites for hydroxylation is 1. The van der Waals surface area contributed by atoms with Crippen LogP contribution >= 0.6 is 0 Å². The summed E-state index contributed by atoms with van der Waals surface area (Å²) in [6, 6.07) is 7.93. The average Bonchev–Trinajstić information content (AvgIpc) is 2.85. The largest absolute Gasteiger partial charge is 0.486 e. The van der Waals surface area contributed by atoms with Crippen LogP contribution in [0.4, 0.5) is 0 Å². The third-order valence-corrected chi connectivity index (χ3v) is 2.62. The second kappa shape index (κ2) is 6.11. The van der Waals surface area contributed by atoms with Gasteiger partial charge in [0.1, 0.15) is 12.4 Å². The summed E-state index contributed by atoms with van der Waals surface area (Å²) in [5, 5.41) is 20.0. The van der Waals surface area contributed by atoms with E-state index in [4.69, 9.17) is 9.84 Å². The van der Waals surface area contributed by atoms with Gasteiger partial charge in [-0.15, -0.1) is 5.10 Å². The Labute approximate surface area is 105 Å². The van der Waals surface area contributed by atoms with Crippen LogP contribution in [0.1, 0.15) is 18.3 Å². The Kier molecular flexibility index (Phi) is 4.25. The van der Waals surface area contributed by atoms with Crippen LogP contribution in [-0.4, -0.2) is 31.9 Å². The first-order chi connectivity index (χ1) is 8.83. The molecule has 0 amide bonds. The zero-order valence-electron chi connectivity index (χ0n) is 10.3. The molecule has 0 atom stereocenters. The first-order valence-electron chi connectivity index (χ1n) is 5.91. The summed E-state index contributed by atoms with van der Waals surface area (Å²) < 4.78 is 7.12. The van der Waals surface area contributed by atoms with E-state index in [0.717, 1.165) is 12.2 Å². The molecule has 6 heteroatoms. The first-order valence-corrected chi connectivity index (χ1v) is 5.91. The maximum atomic E-state index is 8.85. The minimum absolute atomic E-state index is 0.00321. The van der Waals surface area contributed by atoms with Crippen molar-refractivity contribution >= 4 is 0 Å². The fraction of sp³-hybridized carbons (Fsp3) is 0.417. The van der Waals surface area contributed by atoms with Gasteiger partial charge in [-0.3, -0.25) is 0 Å². The van der Waals surface area contributed by atoms with Gasteiger partial charge in [-0.2, -0.15) is 0 Å². The fourth-order valence-electron chi connectivity index (χ4n) is 1.56. The van der Waals surface area contributed by atoms with E-state index in [1.54, 1.807) is 0 Å². The van der Waals surface area contributed by atoms with Gasteiger partial charge in [-0.05, 0) is 34.5 Å². The summed E-state index contributed by atoms with van der Waals surface area (Å²) in [6.07, 6.45) is 1.01. The quantitative estimate of drug-likeness (QED) is 0.818. The van der Waals surface area contributed by atoms with Crippen molar-refractivity contribution in [1.82, 2.24) is 20.2 Å². The Morgan fingerprint density at radius 2 is 2.06 bits per heavy atom. The molecule has 1 aromatic carbocycles. The van der Waals surface area contributed by atoms with Crippen molar-refractivity contribution < 1.29 is 9.84 Å². The molecule has 0 radical (unpaired) electrons. The number of tetrazole rings is 1. The Hall–Kier alpha value is -1.95. The molecule has 0 saturated carbocycles. The van der Waals surface area contributed by atoms with Crippen molar-refractivity contribution in [2.45, 2.75) is 26.5 Å². The molecular formula is C12H16N4O2. The lowest BCUT2D eigenvalue weighted by atomic mass is 10.2. The van der Waals surface area contributed by atoms with Crippen molar-refractivity contribution in [3.63, 3.8) is 0 Å². The first kappa shape index (κ1) is 12.5. The van der Waals surface area contributed by atoms with Crippen LogP contribution in [0.25, 0.3) is 0 Å². The molecule has 0 aliphatic carbocycles. The van der Waals surface area contributed by atoms with Crippen LogP contribution in [-0.2, 0) is 19.6 Å². The van der Waals surface area contributed by atoms with Gasteiger partial charge in [0, 0.05) is 0 Å². The van der Waals surface area contributed by atoms with Gasteiger partial charge in [0.05, 0.1) is 13.2 Å². The van der Waals surface area contributed by atoms with Gasteiger partial charge >= 0.3 is 0 Å². The highest BCUT2D eigenvalue weighted by molar-refractivity contribution is 5.27. The number of aliphatic hydroxyl groups excluding tert-OH is 1. The lowest BCUT2D eigenvalue weighted by Gasteiger charge is -2.06. The summed E-state index contributed by atoms with van der Waals surface area (Å²) >= 11 is 0. The highest BCUT2D eigenvalue weighted by Crippen LogP contribution is 2.13. The molecule has 18 heavy (non-hydrogen) atoms. The molecule has 0 saturated heterocycles. The smallest absolute Gasteiger partial charge is 0.189 e. The van der Waals surface area contributed by atoms with Crippen molar-refractivity contribution in [1.29, 1.82) is 0 Å². The molecule has 1 heterocycles. The van der Waals surface area contributed by atoms with Crippen LogP contribution < -0.4 is 4.74 Å². The second-order valence-corrected chi connectivity index (χ2v) is 3.83.